The second-order valence-corrected chi connectivity index (χ2v) is 6.93. The Bertz CT molecular complexity index is 962. The summed E-state index contributed by atoms with van der Waals surface area (Å²) in [5.74, 6) is -1.87. The highest BCUT2D eigenvalue weighted by Crippen LogP contribution is 2.33. The number of carbonyl (C=O) groups is 3. The molecule has 9 heteroatoms. The van der Waals surface area contributed by atoms with Crippen molar-refractivity contribution in [2.45, 2.75) is 0 Å². The molecule has 1 amide bonds. The number of benzene rings is 1. The average molecular weight is 389 g/mol. The van der Waals surface area contributed by atoms with Gasteiger partial charge in [-0.1, -0.05) is 36.1 Å². The van der Waals surface area contributed by atoms with Crippen molar-refractivity contribution < 1.29 is 29.0 Å². The van der Waals surface area contributed by atoms with Crippen molar-refractivity contribution in [2.75, 3.05) is 6.54 Å². The van der Waals surface area contributed by atoms with E-state index in [0.29, 0.717) is 17.1 Å². The third-order valence-corrected chi connectivity index (χ3v) is 4.84. The fourth-order valence-electron chi connectivity index (χ4n) is 2.29. The van der Waals surface area contributed by atoms with Gasteiger partial charge in [0.1, 0.15) is 22.4 Å². The van der Waals surface area contributed by atoms with Gasteiger partial charge in [0.15, 0.2) is 0 Å². The molecule has 132 valence electrons. The van der Waals surface area contributed by atoms with Gasteiger partial charge in [-0.15, -0.1) is 0 Å². The third-order valence-electron chi connectivity index (χ3n) is 3.46. The number of carbonyl (C=O) groups excluding carboxylic acids is 1. The van der Waals surface area contributed by atoms with Crippen LogP contribution in [-0.4, -0.2) is 43.8 Å². The summed E-state index contributed by atoms with van der Waals surface area (Å²) in [5.41, 5.74) is 0.720. The second kappa shape index (κ2) is 7.14. The SMILES string of the molecule is O=C(O)CN1C(=O)/C(=C\c2ccc(-c3cccc(C(=O)O)c3)o2)SC1=S. The number of aliphatic carboxylic acids is 1. The largest absolute Gasteiger partial charge is 0.480 e. The lowest BCUT2D eigenvalue weighted by Crippen LogP contribution is -2.33. The maximum atomic E-state index is 12.2. The van der Waals surface area contributed by atoms with Crippen LogP contribution < -0.4 is 0 Å². The molecule has 26 heavy (non-hydrogen) atoms. The van der Waals surface area contributed by atoms with E-state index in [2.05, 4.69) is 0 Å². The van der Waals surface area contributed by atoms with Crippen LogP contribution in [0.2, 0.25) is 0 Å². The number of thioether (sulfide) groups is 1. The number of rotatable bonds is 5. The van der Waals surface area contributed by atoms with Gasteiger partial charge in [-0.05, 0) is 24.3 Å². The van der Waals surface area contributed by atoms with Crippen molar-refractivity contribution in [2.24, 2.45) is 0 Å². The minimum Gasteiger partial charge on any atom is -0.480 e. The number of carboxylic acids is 2. The molecule has 0 radical (unpaired) electrons. The van der Waals surface area contributed by atoms with Crippen LogP contribution in [0.15, 0.2) is 45.7 Å². The molecule has 0 bridgehead atoms. The molecule has 1 aromatic carbocycles. The molecule has 0 aliphatic carbocycles. The van der Waals surface area contributed by atoms with Crippen molar-refractivity contribution in [1.82, 2.24) is 4.90 Å². The standard InChI is InChI=1S/C17H11NO6S2/c19-14(20)8-18-15(21)13(26-17(18)25)7-11-4-5-12(24-11)9-2-1-3-10(6-9)16(22)23/h1-7H,8H2,(H,19,20)(H,22,23)/b13-7+. The predicted octanol–water partition coefficient (Wildman–Crippen LogP) is 2.93. The summed E-state index contributed by atoms with van der Waals surface area (Å²) in [6.07, 6.45) is 1.48. The number of carboxylic acid groups (broad SMARTS) is 2. The van der Waals surface area contributed by atoms with Gasteiger partial charge in [0, 0.05) is 11.6 Å². The Morgan fingerprint density at radius 3 is 2.69 bits per heavy atom. The van der Waals surface area contributed by atoms with E-state index in [0.717, 1.165) is 16.7 Å². The first-order valence-electron chi connectivity index (χ1n) is 7.26. The van der Waals surface area contributed by atoms with Crippen LogP contribution in [0.4, 0.5) is 0 Å². The van der Waals surface area contributed by atoms with Crippen molar-refractivity contribution in [3.8, 4) is 11.3 Å². The number of hydrogen-bond acceptors (Lipinski definition) is 6. The summed E-state index contributed by atoms with van der Waals surface area (Å²) in [4.78, 5) is 35.4. The highest BCUT2D eigenvalue weighted by Gasteiger charge is 2.33. The van der Waals surface area contributed by atoms with E-state index in [1.807, 2.05) is 0 Å². The van der Waals surface area contributed by atoms with Gasteiger partial charge in [0.2, 0.25) is 0 Å². The fourth-order valence-corrected chi connectivity index (χ4v) is 3.53. The third kappa shape index (κ3) is 3.68. The van der Waals surface area contributed by atoms with E-state index < -0.39 is 24.4 Å². The van der Waals surface area contributed by atoms with Crippen LogP contribution in [0.3, 0.4) is 0 Å². The molecule has 1 aromatic heterocycles. The van der Waals surface area contributed by atoms with Gasteiger partial charge < -0.3 is 14.6 Å². The molecule has 2 heterocycles. The van der Waals surface area contributed by atoms with E-state index in [1.54, 1.807) is 24.3 Å². The molecule has 0 spiro atoms. The quantitative estimate of drug-likeness (QED) is 0.594. The maximum absolute atomic E-state index is 12.2. The molecule has 0 saturated carbocycles. The first-order chi connectivity index (χ1) is 12.3. The molecular weight excluding hydrogens is 378 g/mol. The number of furan rings is 1. The monoisotopic (exact) mass is 389 g/mol. The van der Waals surface area contributed by atoms with Gasteiger partial charge in [0.05, 0.1) is 10.5 Å². The Morgan fingerprint density at radius 2 is 2.00 bits per heavy atom. The van der Waals surface area contributed by atoms with Gasteiger partial charge in [-0.25, -0.2) is 4.79 Å². The van der Waals surface area contributed by atoms with E-state index >= 15 is 0 Å². The first kappa shape index (κ1) is 17.9. The summed E-state index contributed by atoms with van der Waals surface area (Å²) in [7, 11) is 0. The van der Waals surface area contributed by atoms with Crippen LogP contribution >= 0.6 is 24.0 Å². The summed E-state index contributed by atoms with van der Waals surface area (Å²) in [5, 5.41) is 17.9. The number of aromatic carboxylic acids is 1. The van der Waals surface area contributed by atoms with Crippen LogP contribution in [-0.2, 0) is 9.59 Å². The molecule has 7 nitrogen and oxygen atoms in total. The molecular formula is C17H11NO6S2. The number of thiocarbonyl (C=S) groups is 1. The zero-order valence-electron chi connectivity index (χ0n) is 13.0. The number of nitrogens with zero attached hydrogens (tertiary/aromatic N) is 1. The smallest absolute Gasteiger partial charge is 0.335 e. The van der Waals surface area contributed by atoms with Crippen molar-refractivity contribution in [3.05, 3.63) is 52.6 Å². The highest BCUT2D eigenvalue weighted by molar-refractivity contribution is 8.26. The summed E-state index contributed by atoms with van der Waals surface area (Å²) >= 11 is 6.03. The molecule has 0 unspecified atom stereocenters. The Balaban J connectivity index is 1.85. The van der Waals surface area contributed by atoms with Gasteiger partial charge in [-0.2, -0.15) is 0 Å². The second-order valence-electron chi connectivity index (χ2n) is 5.25. The molecule has 1 fully saturated rings. The molecule has 1 aliphatic rings. The van der Waals surface area contributed by atoms with Crippen molar-refractivity contribution in [1.29, 1.82) is 0 Å². The summed E-state index contributed by atoms with van der Waals surface area (Å²) in [6, 6.07) is 9.57. The van der Waals surface area contributed by atoms with Crippen LogP contribution in [0, 0.1) is 0 Å². The van der Waals surface area contributed by atoms with Gasteiger partial charge in [-0.3, -0.25) is 14.5 Å². The summed E-state index contributed by atoms with van der Waals surface area (Å²) < 4.78 is 5.82. The van der Waals surface area contributed by atoms with Crippen LogP contribution in [0.25, 0.3) is 17.4 Å². The molecule has 1 saturated heterocycles. The van der Waals surface area contributed by atoms with Crippen molar-refractivity contribution >= 4 is 52.2 Å². The predicted molar refractivity (Wildman–Crippen MR) is 98.6 cm³/mol. The van der Waals surface area contributed by atoms with Gasteiger partial charge >= 0.3 is 11.9 Å². The maximum Gasteiger partial charge on any atom is 0.335 e. The Labute approximate surface area is 156 Å². The van der Waals surface area contributed by atoms with E-state index in [-0.39, 0.29) is 14.8 Å². The van der Waals surface area contributed by atoms with E-state index in [1.165, 1.54) is 18.2 Å². The summed E-state index contributed by atoms with van der Waals surface area (Å²) in [6.45, 7) is -0.493. The Morgan fingerprint density at radius 1 is 1.23 bits per heavy atom. The normalized spacial score (nSPS) is 15.7. The Hall–Kier alpha value is -2.91. The highest BCUT2D eigenvalue weighted by atomic mass is 32.2. The van der Waals surface area contributed by atoms with Gasteiger partial charge in [0.25, 0.3) is 5.91 Å². The zero-order chi connectivity index (χ0) is 18.8. The number of hydrogen-bond donors (Lipinski definition) is 2. The molecule has 3 rings (SSSR count). The molecule has 1 aliphatic heterocycles. The first-order valence-corrected chi connectivity index (χ1v) is 8.48. The number of amides is 1. The topological polar surface area (TPSA) is 108 Å². The minimum absolute atomic E-state index is 0.134. The lowest BCUT2D eigenvalue weighted by molar-refractivity contribution is -0.140. The minimum atomic E-state index is -1.15. The lowest BCUT2D eigenvalue weighted by atomic mass is 10.1. The molecule has 2 N–H and O–H groups in total. The van der Waals surface area contributed by atoms with E-state index in [9.17, 15) is 14.4 Å². The Kier molecular flexibility index (Phi) is 4.92. The van der Waals surface area contributed by atoms with Crippen molar-refractivity contribution in [3.63, 3.8) is 0 Å². The lowest BCUT2D eigenvalue weighted by Gasteiger charge is -2.09. The zero-order valence-corrected chi connectivity index (χ0v) is 14.7. The van der Waals surface area contributed by atoms with Crippen LogP contribution in [0.1, 0.15) is 16.1 Å². The molecule has 2 aromatic rings. The molecule has 0 atom stereocenters. The van der Waals surface area contributed by atoms with Crippen LogP contribution in [0.5, 0.6) is 0 Å². The average Bonchev–Trinajstić information content (AvgIpc) is 3.15. The fraction of sp³-hybridized carbons (Fsp3) is 0.0588. The van der Waals surface area contributed by atoms with E-state index in [4.69, 9.17) is 26.8 Å².